The average Bonchev–Trinajstić information content (AvgIpc) is 2.69. The van der Waals surface area contributed by atoms with Crippen LogP contribution in [-0.4, -0.2) is 30.4 Å². The van der Waals surface area contributed by atoms with Gasteiger partial charge in [-0.25, -0.2) is 22.0 Å². The number of amides is 1. The van der Waals surface area contributed by atoms with E-state index in [-0.39, 0.29) is 6.54 Å². The molecule has 3 nitrogen and oxygen atoms in total. The lowest BCUT2D eigenvalue weighted by Gasteiger charge is -2.26. The monoisotopic (exact) mass is 382 g/mol. The Morgan fingerprint density at radius 1 is 0.926 bits per heavy atom. The summed E-state index contributed by atoms with van der Waals surface area (Å²) in [4.78, 5) is 13.7. The molecule has 1 N–H and O–H groups in total. The molecule has 1 heterocycles. The number of anilines is 1. The van der Waals surface area contributed by atoms with Crippen LogP contribution in [0, 0.1) is 29.1 Å². The lowest BCUT2D eigenvalue weighted by molar-refractivity contribution is -0.117. The zero-order valence-corrected chi connectivity index (χ0v) is 14.0. The van der Waals surface area contributed by atoms with Gasteiger partial charge >= 0.3 is 0 Å². The van der Waals surface area contributed by atoms with Crippen molar-refractivity contribution >= 4 is 17.2 Å². The maximum absolute atomic E-state index is 13.6. The van der Waals surface area contributed by atoms with Crippen molar-refractivity contribution < 1.29 is 26.7 Å². The highest BCUT2D eigenvalue weighted by atomic mass is 19.2. The molecule has 27 heavy (non-hydrogen) atoms. The Labute approximate surface area is 152 Å². The molecule has 0 saturated carbocycles. The minimum absolute atomic E-state index is 0.238. The summed E-state index contributed by atoms with van der Waals surface area (Å²) in [5.74, 6) is -11.5. The molecular weight excluding hydrogens is 367 g/mol. The molecule has 0 fully saturated rings. The van der Waals surface area contributed by atoms with E-state index in [0.29, 0.717) is 19.5 Å². The summed E-state index contributed by atoms with van der Waals surface area (Å²) in [5, 5.41) is 1.78. The van der Waals surface area contributed by atoms with Gasteiger partial charge in [0.15, 0.2) is 23.3 Å². The number of hydrogen-bond donors (Lipinski definition) is 1. The fourth-order valence-electron chi connectivity index (χ4n) is 2.87. The molecule has 1 aliphatic rings. The summed E-state index contributed by atoms with van der Waals surface area (Å²) in [5.41, 5.74) is 0.851. The molecule has 142 valence electrons. The largest absolute Gasteiger partial charge is 0.320 e. The van der Waals surface area contributed by atoms with Gasteiger partial charge in [0.05, 0.1) is 6.54 Å². The van der Waals surface area contributed by atoms with Crippen molar-refractivity contribution in [2.75, 3.05) is 25.0 Å². The Morgan fingerprint density at radius 2 is 1.52 bits per heavy atom. The smallest absolute Gasteiger partial charge is 0.238 e. The number of carbonyl (C=O) groups is 1. The van der Waals surface area contributed by atoms with Crippen LogP contribution in [0.2, 0.25) is 0 Å². The third-order valence-electron chi connectivity index (χ3n) is 4.28. The lowest BCUT2D eigenvalue weighted by Crippen LogP contribution is -2.36. The molecule has 0 radical (unpaired) electrons. The molecule has 0 bridgehead atoms. The Balaban J connectivity index is 1.65. The molecule has 0 unspecified atom stereocenters. The van der Waals surface area contributed by atoms with Crippen molar-refractivity contribution in [3.05, 3.63) is 71.1 Å². The summed E-state index contributed by atoms with van der Waals surface area (Å²) in [6.45, 7) is 0.706. The Kier molecular flexibility index (Phi) is 5.55. The number of carbonyl (C=O) groups excluding carboxylic acids is 1. The standard InChI is InChI=1S/C19H15F5N2O/c20-14-15(21)17(23)19(18(24)16(14)22)25-13(27)10-26-8-6-12(7-9-26)11-4-2-1-3-5-11/h1-6H,7-10H2,(H,25,27). The lowest BCUT2D eigenvalue weighted by atomic mass is 10.00. The first kappa shape index (κ1) is 19.0. The van der Waals surface area contributed by atoms with Crippen molar-refractivity contribution in [1.82, 2.24) is 4.90 Å². The Bertz CT molecular complexity index is 870. The molecule has 0 aromatic heterocycles. The van der Waals surface area contributed by atoms with Gasteiger partial charge in [0.1, 0.15) is 5.69 Å². The fraction of sp³-hybridized carbons (Fsp3) is 0.211. The van der Waals surface area contributed by atoms with Crippen LogP contribution < -0.4 is 5.32 Å². The first-order valence-electron chi connectivity index (χ1n) is 8.16. The van der Waals surface area contributed by atoms with Gasteiger partial charge in [-0.2, -0.15) is 0 Å². The van der Waals surface area contributed by atoms with Crippen LogP contribution in [-0.2, 0) is 4.79 Å². The van der Waals surface area contributed by atoms with E-state index in [1.54, 1.807) is 10.2 Å². The van der Waals surface area contributed by atoms with E-state index in [1.807, 2.05) is 36.4 Å². The third-order valence-corrected chi connectivity index (χ3v) is 4.28. The molecule has 0 saturated heterocycles. The third kappa shape index (κ3) is 4.00. The van der Waals surface area contributed by atoms with Crippen molar-refractivity contribution in [1.29, 1.82) is 0 Å². The van der Waals surface area contributed by atoms with Crippen molar-refractivity contribution in [3.8, 4) is 0 Å². The molecule has 1 amide bonds. The van der Waals surface area contributed by atoms with E-state index >= 15 is 0 Å². The zero-order chi connectivity index (χ0) is 19.6. The number of halogens is 5. The highest BCUT2D eigenvalue weighted by molar-refractivity contribution is 5.92. The van der Waals surface area contributed by atoms with Crippen LogP contribution >= 0.6 is 0 Å². The van der Waals surface area contributed by atoms with E-state index in [1.165, 1.54) is 0 Å². The van der Waals surface area contributed by atoms with E-state index in [4.69, 9.17) is 0 Å². The number of rotatable bonds is 4. The Morgan fingerprint density at radius 3 is 2.07 bits per heavy atom. The number of nitrogens with zero attached hydrogens (tertiary/aromatic N) is 1. The second-order valence-corrected chi connectivity index (χ2v) is 6.07. The van der Waals surface area contributed by atoms with Crippen molar-refractivity contribution in [2.24, 2.45) is 0 Å². The van der Waals surface area contributed by atoms with E-state index in [2.05, 4.69) is 0 Å². The SMILES string of the molecule is O=C(CN1CC=C(c2ccccc2)CC1)Nc1c(F)c(F)c(F)c(F)c1F. The summed E-state index contributed by atoms with van der Waals surface area (Å²) in [7, 11) is 0. The predicted molar refractivity (Wildman–Crippen MR) is 90.3 cm³/mol. The van der Waals surface area contributed by atoms with Gasteiger partial charge in [-0.05, 0) is 17.6 Å². The minimum atomic E-state index is -2.27. The summed E-state index contributed by atoms with van der Waals surface area (Å²) in [6.07, 6.45) is 2.60. The number of nitrogens with one attached hydrogen (secondary N) is 1. The zero-order valence-electron chi connectivity index (χ0n) is 14.0. The topological polar surface area (TPSA) is 32.3 Å². The van der Waals surface area contributed by atoms with Crippen molar-refractivity contribution in [3.63, 3.8) is 0 Å². The molecule has 2 aromatic carbocycles. The van der Waals surface area contributed by atoms with E-state index < -0.39 is 40.7 Å². The molecule has 0 atom stereocenters. The number of benzene rings is 2. The van der Waals surface area contributed by atoms with Gasteiger partial charge in [-0.1, -0.05) is 36.4 Å². The molecule has 2 aromatic rings. The van der Waals surface area contributed by atoms with Gasteiger partial charge in [0.2, 0.25) is 11.7 Å². The first-order valence-corrected chi connectivity index (χ1v) is 8.16. The van der Waals surface area contributed by atoms with E-state index in [9.17, 15) is 26.7 Å². The van der Waals surface area contributed by atoms with Crippen LogP contribution in [0.15, 0.2) is 36.4 Å². The highest BCUT2D eigenvalue weighted by Crippen LogP contribution is 2.27. The molecular formula is C19H15F5N2O. The summed E-state index contributed by atoms with van der Waals surface area (Å²) in [6, 6.07) is 9.68. The van der Waals surface area contributed by atoms with E-state index in [0.717, 1.165) is 11.1 Å². The predicted octanol–water partition coefficient (Wildman–Crippen LogP) is 4.11. The fourth-order valence-corrected chi connectivity index (χ4v) is 2.87. The molecule has 1 aliphatic heterocycles. The maximum Gasteiger partial charge on any atom is 0.238 e. The van der Waals surface area contributed by atoms with Crippen molar-refractivity contribution in [2.45, 2.75) is 6.42 Å². The highest BCUT2D eigenvalue weighted by Gasteiger charge is 2.27. The van der Waals surface area contributed by atoms with Gasteiger partial charge in [0.25, 0.3) is 0 Å². The van der Waals surface area contributed by atoms with Gasteiger partial charge in [0, 0.05) is 13.1 Å². The van der Waals surface area contributed by atoms with Crippen LogP contribution in [0.3, 0.4) is 0 Å². The Hall–Kier alpha value is -2.74. The average molecular weight is 382 g/mol. The molecule has 0 aliphatic carbocycles. The van der Waals surface area contributed by atoms with Crippen LogP contribution in [0.5, 0.6) is 0 Å². The van der Waals surface area contributed by atoms with Gasteiger partial charge in [-0.3, -0.25) is 9.69 Å². The number of hydrogen-bond acceptors (Lipinski definition) is 2. The maximum atomic E-state index is 13.6. The van der Waals surface area contributed by atoms with Crippen LogP contribution in [0.25, 0.3) is 5.57 Å². The van der Waals surface area contributed by atoms with Gasteiger partial charge in [-0.15, -0.1) is 0 Å². The normalized spacial score (nSPS) is 14.8. The summed E-state index contributed by atoms with van der Waals surface area (Å²) >= 11 is 0. The molecule has 3 rings (SSSR count). The summed E-state index contributed by atoms with van der Waals surface area (Å²) < 4.78 is 66.6. The van der Waals surface area contributed by atoms with Crippen LogP contribution in [0.4, 0.5) is 27.6 Å². The van der Waals surface area contributed by atoms with Crippen LogP contribution in [0.1, 0.15) is 12.0 Å². The first-order chi connectivity index (χ1) is 12.9. The van der Waals surface area contributed by atoms with Gasteiger partial charge < -0.3 is 5.32 Å². The molecule has 8 heteroatoms. The second-order valence-electron chi connectivity index (χ2n) is 6.07. The minimum Gasteiger partial charge on any atom is -0.320 e. The second kappa shape index (κ2) is 7.87. The quantitative estimate of drug-likeness (QED) is 0.490. The molecule has 0 spiro atoms.